The third kappa shape index (κ3) is 3.70. The Kier molecular flexibility index (Phi) is 5.57. The highest BCUT2D eigenvalue weighted by Crippen LogP contribution is 2.35. The van der Waals surface area contributed by atoms with Crippen molar-refractivity contribution in [2.45, 2.75) is 0 Å². The minimum atomic E-state index is -0.530. The normalized spacial score (nSPS) is 10.8. The maximum absolute atomic E-state index is 13.9. The van der Waals surface area contributed by atoms with Gasteiger partial charge in [-0.25, -0.2) is 9.37 Å². The Balaban J connectivity index is 2.11. The van der Waals surface area contributed by atoms with Gasteiger partial charge in [0.15, 0.2) is 5.69 Å². The molecule has 0 aliphatic heterocycles. The highest BCUT2D eigenvalue weighted by Gasteiger charge is 2.25. The van der Waals surface area contributed by atoms with Crippen LogP contribution in [0.3, 0.4) is 0 Å². The van der Waals surface area contributed by atoms with Crippen molar-refractivity contribution < 1.29 is 9.18 Å². The number of carbonyl (C=O) groups is 1. The maximum Gasteiger partial charge on any atom is 0.271 e. The van der Waals surface area contributed by atoms with Gasteiger partial charge in [-0.15, -0.1) is 0 Å². The zero-order chi connectivity index (χ0) is 21.3. The summed E-state index contributed by atoms with van der Waals surface area (Å²) in [5, 5.41) is 3.12. The molecule has 1 amide bonds. The number of hydrogen-bond donors (Lipinski definition) is 1. The third-order valence-corrected chi connectivity index (χ3v) is 5.14. The quantitative estimate of drug-likeness (QED) is 0.423. The molecule has 0 saturated carbocycles. The molecule has 1 N–H and O–H groups in total. The molecule has 4 nitrogen and oxygen atoms in total. The monoisotopic (exact) mass is 439 g/mol. The van der Waals surface area contributed by atoms with Gasteiger partial charge in [-0.05, 0) is 30.3 Å². The molecule has 4 aromatic rings. The van der Waals surface area contributed by atoms with Gasteiger partial charge in [0.2, 0.25) is 0 Å². The number of nitrogens with zero attached hydrogens (tertiary/aromatic N) is 2. The molecule has 0 bridgehead atoms. The summed E-state index contributed by atoms with van der Waals surface area (Å²) in [6.45, 7) is 0. The molecular weight excluding hydrogens is 424 g/mol. The lowest BCUT2D eigenvalue weighted by Crippen LogP contribution is -2.19. The van der Waals surface area contributed by atoms with Crippen LogP contribution in [0.15, 0.2) is 72.8 Å². The SMILES string of the molecule is CNC(=O)c1nc(-c2ccccc2)n(-c2ccc(F)c(Cl)c2)c1-c1cccc(Cl)c1. The smallest absolute Gasteiger partial charge is 0.271 e. The second-order valence-corrected chi connectivity index (χ2v) is 7.37. The van der Waals surface area contributed by atoms with Crippen LogP contribution in [0.25, 0.3) is 28.3 Å². The molecule has 0 fully saturated rings. The van der Waals surface area contributed by atoms with Gasteiger partial charge in [0.05, 0.1) is 10.7 Å². The Morgan fingerprint density at radius 3 is 2.37 bits per heavy atom. The van der Waals surface area contributed by atoms with Gasteiger partial charge in [0.25, 0.3) is 5.91 Å². The zero-order valence-corrected chi connectivity index (χ0v) is 17.4. The summed E-state index contributed by atoms with van der Waals surface area (Å²) in [5.74, 6) is -0.362. The van der Waals surface area contributed by atoms with Crippen LogP contribution in [0.5, 0.6) is 0 Å². The number of aromatic nitrogens is 2. The molecule has 1 aromatic heterocycles. The van der Waals surface area contributed by atoms with Gasteiger partial charge in [-0.1, -0.05) is 65.7 Å². The van der Waals surface area contributed by atoms with Gasteiger partial charge in [0, 0.05) is 28.9 Å². The molecule has 0 saturated heterocycles. The summed E-state index contributed by atoms with van der Waals surface area (Å²) < 4.78 is 15.7. The largest absolute Gasteiger partial charge is 0.354 e. The molecule has 0 aliphatic rings. The van der Waals surface area contributed by atoms with E-state index in [2.05, 4.69) is 10.3 Å². The van der Waals surface area contributed by atoms with Gasteiger partial charge >= 0.3 is 0 Å². The molecular formula is C23H16Cl2FN3O. The van der Waals surface area contributed by atoms with Gasteiger partial charge in [-0.3, -0.25) is 9.36 Å². The van der Waals surface area contributed by atoms with Crippen LogP contribution in [0, 0.1) is 5.82 Å². The van der Waals surface area contributed by atoms with E-state index in [4.69, 9.17) is 23.2 Å². The number of imidazole rings is 1. The molecule has 4 rings (SSSR count). The van der Waals surface area contributed by atoms with Crippen molar-refractivity contribution >= 4 is 29.1 Å². The first-order chi connectivity index (χ1) is 14.5. The first-order valence-electron chi connectivity index (χ1n) is 9.11. The van der Waals surface area contributed by atoms with E-state index in [9.17, 15) is 9.18 Å². The summed E-state index contributed by atoms with van der Waals surface area (Å²) in [7, 11) is 1.54. The van der Waals surface area contributed by atoms with Crippen molar-refractivity contribution in [3.05, 3.63) is 94.4 Å². The fourth-order valence-electron chi connectivity index (χ4n) is 3.26. The summed E-state index contributed by atoms with van der Waals surface area (Å²) in [6, 6.07) is 20.9. The van der Waals surface area contributed by atoms with Crippen molar-refractivity contribution in [1.82, 2.24) is 14.9 Å². The van der Waals surface area contributed by atoms with Gasteiger partial charge in [0.1, 0.15) is 11.6 Å². The first kappa shape index (κ1) is 20.1. The van der Waals surface area contributed by atoms with Gasteiger partial charge in [-0.2, -0.15) is 0 Å². The molecule has 0 atom stereocenters. The fraction of sp³-hybridized carbons (Fsp3) is 0.0435. The Morgan fingerprint density at radius 2 is 1.70 bits per heavy atom. The molecule has 0 radical (unpaired) electrons. The van der Waals surface area contributed by atoms with E-state index >= 15 is 0 Å². The number of benzene rings is 3. The lowest BCUT2D eigenvalue weighted by atomic mass is 10.1. The summed E-state index contributed by atoms with van der Waals surface area (Å²) in [6.07, 6.45) is 0. The molecule has 30 heavy (non-hydrogen) atoms. The second-order valence-electron chi connectivity index (χ2n) is 6.52. The summed E-state index contributed by atoms with van der Waals surface area (Å²) in [4.78, 5) is 17.4. The predicted molar refractivity (Wildman–Crippen MR) is 118 cm³/mol. The molecule has 150 valence electrons. The van der Waals surface area contributed by atoms with Crippen molar-refractivity contribution in [3.63, 3.8) is 0 Å². The third-order valence-electron chi connectivity index (χ3n) is 4.61. The molecule has 0 unspecified atom stereocenters. The van der Waals surface area contributed by atoms with Crippen molar-refractivity contribution in [3.8, 4) is 28.3 Å². The highest BCUT2D eigenvalue weighted by molar-refractivity contribution is 6.31. The highest BCUT2D eigenvalue weighted by atomic mass is 35.5. The number of amides is 1. The summed E-state index contributed by atoms with van der Waals surface area (Å²) in [5.41, 5.74) is 2.79. The van der Waals surface area contributed by atoms with Crippen LogP contribution in [-0.2, 0) is 0 Å². The van der Waals surface area contributed by atoms with Crippen LogP contribution in [0.1, 0.15) is 10.5 Å². The van der Waals surface area contributed by atoms with Crippen LogP contribution in [-0.4, -0.2) is 22.5 Å². The lowest BCUT2D eigenvalue weighted by molar-refractivity contribution is 0.0959. The number of hydrogen-bond acceptors (Lipinski definition) is 2. The van der Waals surface area contributed by atoms with Crippen LogP contribution in [0.2, 0.25) is 10.0 Å². The van der Waals surface area contributed by atoms with Crippen molar-refractivity contribution in [2.24, 2.45) is 0 Å². The minimum absolute atomic E-state index is 0.0289. The number of nitrogens with one attached hydrogen (secondary N) is 1. The molecule has 7 heteroatoms. The summed E-state index contributed by atoms with van der Waals surface area (Å²) >= 11 is 12.3. The second kappa shape index (κ2) is 8.30. The van der Waals surface area contributed by atoms with Crippen LogP contribution >= 0.6 is 23.2 Å². The average molecular weight is 440 g/mol. The molecule has 1 heterocycles. The number of carbonyl (C=O) groups excluding carboxylic acids is 1. The molecule has 0 spiro atoms. The fourth-order valence-corrected chi connectivity index (χ4v) is 3.62. The molecule has 3 aromatic carbocycles. The number of halogens is 3. The Hall–Kier alpha value is -3.15. The average Bonchev–Trinajstić information content (AvgIpc) is 3.16. The zero-order valence-electron chi connectivity index (χ0n) is 15.9. The van der Waals surface area contributed by atoms with E-state index in [1.54, 1.807) is 35.9 Å². The van der Waals surface area contributed by atoms with E-state index in [1.807, 2.05) is 36.4 Å². The first-order valence-corrected chi connectivity index (χ1v) is 9.87. The van der Waals surface area contributed by atoms with Crippen LogP contribution in [0.4, 0.5) is 4.39 Å². The Morgan fingerprint density at radius 1 is 0.967 bits per heavy atom. The molecule has 0 aliphatic carbocycles. The van der Waals surface area contributed by atoms with Crippen molar-refractivity contribution in [1.29, 1.82) is 0 Å². The van der Waals surface area contributed by atoms with Crippen LogP contribution < -0.4 is 5.32 Å². The van der Waals surface area contributed by atoms with Crippen molar-refractivity contribution in [2.75, 3.05) is 7.05 Å². The van der Waals surface area contributed by atoms with E-state index < -0.39 is 5.82 Å². The topological polar surface area (TPSA) is 46.9 Å². The van der Waals surface area contributed by atoms with E-state index in [0.717, 1.165) is 5.56 Å². The lowest BCUT2D eigenvalue weighted by Gasteiger charge is -2.14. The standard InChI is InChI=1S/C23H16Cl2FN3O/c1-27-23(30)20-21(15-8-5-9-16(24)12-15)29(17-10-11-19(26)18(25)13-17)22(28-20)14-6-3-2-4-7-14/h2-13H,1H3,(H,27,30). The van der Waals surface area contributed by atoms with E-state index in [1.165, 1.54) is 12.1 Å². The minimum Gasteiger partial charge on any atom is -0.354 e. The Labute approximate surface area is 182 Å². The van der Waals surface area contributed by atoms with E-state index in [-0.39, 0.29) is 16.6 Å². The number of rotatable bonds is 4. The predicted octanol–water partition coefficient (Wildman–Crippen LogP) is 6.01. The Bertz CT molecular complexity index is 1240. The maximum atomic E-state index is 13.9. The van der Waals surface area contributed by atoms with Gasteiger partial charge < -0.3 is 5.32 Å². The van der Waals surface area contributed by atoms with E-state index in [0.29, 0.717) is 27.8 Å².